The predicted molar refractivity (Wildman–Crippen MR) is 76.2 cm³/mol. The Balaban J connectivity index is 2.00. The van der Waals surface area contributed by atoms with Crippen LogP contribution in [0, 0.1) is 10.1 Å². The minimum Gasteiger partial charge on any atom is -0.456 e. The Morgan fingerprint density at radius 1 is 1.24 bits per heavy atom. The first-order valence-electron chi connectivity index (χ1n) is 7.19. The van der Waals surface area contributed by atoms with Crippen molar-refractivity contribution < 1.29 is 19.2 Å². The molecule has 1 saturated carbocycles. The first-order chi connectivity index (χ1) is 10.1. The van der Waals surface area contributed by atoms with Crippen molar-refractivity contribution in [1.82, 2.24) is 0 Å². The fourth-order valence-corrected chi connectivity index (χ4v) is 2.53. The summed E-state index contributed by atoms with van der Waals surface area (Å²) in [6.45, 7) is 2.51. The van der Waals surface area contributed by atoms with Gasteiger partial charge in [0.1, 0.15) is 6.10 Å². The summed E-state index contributed by atoms with van der Waals surface area (Å²) in [4.78, 5) is 22.2. The van der Waals surface area contributed by atoms with Crippen LogP contribution in [0.25, 0.3) is 0 Å². The molecule has 0 aromatic heterocycles. The molecule has 0 saturated heterocycles. The van der Waals surface area contributed by atoms with Gasteiger partial charge in [-0.2, -0.15) is 0 Å². The van der Waals surface area contributed by atoms with Crippen LogP contribution in [0.3, 0.4) is 0 Å². The molecule has 0 heterocycles. The molecular formula is C15H19NO5. The van der Waals surface area contributed by atoms with Crippen LogP contribution in [0.2, 0.25) is 0 Å². The summed E-state index contributed by atoms with van der Waals surface area (Å²) in [6, 6.07) is 5.44. The van der Waals surface area contributed by atoms with Crippen LogP contribution < -0.4 is 0 Å². The first kappa shape index (κ1) is 15.4. The number of hydrogen-bond donors (Lipinski definition) is 0. The SMILES string of the molecule is CCO[C@H]1CCCC[C@@H]1OC(=O)c1ccc([N+](=O)[O-])cc1. The molecule has 0 unspecified atom stereocenters. The Morgan fingerprint density at radius 3 is 2.43 bits per heavy atom. The molecule has 114 valence electrons. The van der Waals surface area contributed by atoms with Gasteiger partial charge in [-0.15, -0.1) is 0 Å². The molecule has 2 rings (SSSR count). The maximum absolute atomic E-state index is 12.1. The fraction of sp³-hybridized carbons (Fsp3) is 0.533. The minimum absolute atomic E-state index is 0.0450. The van der Waals surface area contributed by atoms with Gasteiger partial charge < -0.3 is 9.47 Å². The number of nitro benzene ring substituents is 1. The van der Waals surface area contributed by atoms with Crippen molar-refractivity contribution in [1.29, 1.82) is 0 Å². The van der Waals surface area contributed by atoms with E-state index in [2.05, 4.69) is 0 Å². The van der Waals surface area contributed by atoms with Crippen molar-refractivity contribution in [3.05, 3.63) is 39.9 Å². The number of carbonyl (C=O) groups is 1. The van der Waals surface area contributed by atoms with Crippen LogP contribution in [0.4, 0.5) is 5.69 Å². The van der Waals surface area contributed by atoms with E-state index in [1.54, 1.807) is 0 Å². The van der Waals surface area contributed by atoms with Crippen LogP contribution in [0.5, 0.6) is 0 Å². The molecule has 0 radical (unpaired) electrons. The van der Waals surface area contributed by atoms with E-state index in [4.69, 9.17) is 9.47 Å². The average Bonchev–Trinajstić information content (AvgIpc) is 2.49. The highest BCUT2D eigenvalue weighted by Gasteiger charge is 2.29. The van der Waals surface area contributed by atoms with Crippen molar-refractivity contribution in [2.24, 2.45) is 0 Å². The molecular weight excluding hydrogens is 274 g/mol. The summed E-state index contributed by atoms with van der Waals surface area (Å²) >= 11 is 0. The second-order valence-electron chi connectivity index (χ2n) is 5.03. The van der Waals surface area contributed by atoms with Crippen LogP contribution in [-0.2, 0) is 9.47 Å². The Kier molecular flexibility index (Phi) is 5.27. The van der Waals surface area contributed by atoms with Crippen molar-refractivity contribution >= 4 is 11.7 Å². The normalized spacial score (nSPS) is 21.8. The smallest absolute Gasteiger partial charge is 0.338 e. The molecule has 1 fully saturated rings. The number of benzene rings is 1. The lowest BCUT2D eigenvalue weighted by molar-refractivity contribution is -0.384. The lowest BCUT2D eigenvalue weighted by Gasteiger charge is -2.30. The molecule has 0 N–H and O–H groups in total. The van der Waals surface area contributed by atoms with Gasteiger partial charge in [-0.05, 0) is 38.3 Å². The van der Waals surface area contributed by atoms with Gasteiger partial charge in [-0.25, -0.2) is 4.79 Å². The Hall–Kier alpha value is -1.95. The number of carbonyl (C=O) groups excluding carboxylic acids is 1. The highest BCUT2D eigenvalue weighted by Crippen LogP contribution is 2.25. The Bertz CT molecular complexity index is 497. The summed E-state index contributed by atoms with van der Waals surface area (Å²) in [5, 5.41) is 10.6. The lowest BCUT2D eigenvalue weighted by atomic mass is 9.94. The van der Waals surface area contributed by atoms with Crippen LogP contribution >= 0.6 is 0 Å². The van der Waals surface area contributed by atoms with Gasteiger partial charge in [0.2, 0.25) is 0 Å². The number of non-ortho nitro benzene ring substituents is 1. The third kappa shape index (κ3) is 4.01. The van der Waals surface area contributed by atoms with Gasteiger partial charge in [-0.1, -0.05) is 6.42 Å². The van der Waals surface area contributed by atoms with E-state index in [1.165, 1.54) is 24.3 Å². The number of rotatable bonds is 5. The largest absolute Gasteiger partial charge is 0.456 e. The third-order valence-corrected chi connectivity index (χ3v) is 3.59. The summed E-state index contributed by atoms with van der Waals surface area (Å²) in [6.07, 6.45) is 3.50. The van der Waals surface area contributed by atoms with Crippen molar-refractivity contribution in [2.45, 2.75) is 44.8 Å². The van der Waals surface area contributed by atoms with Gasteiger partial charge in [-0.3, -0.25) is 10.1 Å². The number of hydrogen-bond acceptors (Lipinski definition) is 5. The second kappa shape index (κ2) is 7.17. The van der Waals surface area contributed by atoms with Gasteiger partial charge >= 0.3 is 5.97 Å². The van der Waals surface area contributed by atoms with Gasteiger partial charge in [0.15, 0.2) is 0 Å². The monoisotopic (exact) mass is 293 g/mol. The van der Waals surface area contributed by atoms with Gasteiger partial charge in [0.25, 0.3) is 5.69 Å². The van der Waals surface area contributed by atoms with Gasteiger partial charge in [0.05, 0.1) is 16.6 Å². The predicted octanol–water partition coefficient (Wildman–Crippen LogP) is 3.10. The van der Waals surface area contributed by atoms with Crippen molar-refractivity contribution in [3.8, 4) is 0 Å². The third-order valence-electron chi connectivity index (χ3n) is 3.59. The van der Waals surface area contributed by atoms with E-state index in [0.717, 1.165) is 25.7 Å². The molecule has 0 bridgehead atoms. The Labute approximate surface area is 123 Å². The van der Waals surface area contributed by atoms with Crippen molar-refractivity contribution in [2.75, 3.05) is 6.61 Å². The quantitative estimate of drug-likeness (QED) is 0.473. The zero-order valence-electron chi connectivity index (χ0n) is 12.0. The maximum atomic E-state index is 12.1. The molecule has 6 nitrogen and oxygen atoms in total. The summed E-state index contributed by atoms with van der Waals surface area (Å²) in [7, 11) is 0. The number of nitrogens with zero attached hydrogens (tertiary/aromatic N) is 1. The van der Waals surface area contributed by atoms with Crippen LogP contribution in [0.1, 0.15) is 43.0 Å². The number of ether oxygens (including phenoxy) is 2. The standard InChI is InChI=1S/C15H19NO5/c1-2-20-13-5-3-4-6-14(13)21-15(17)11-7-9-12(10-8-11)16(18)19/h7-10,13-14H,2-6H2,1H3/t13-,14-/m0/s1. The molecule has 0 spiro atoms. The zero-order valence-corrected chi connectivity index (χ0v) is 12.0. The molecule has 1 aliphatic rings. The minimum atomic E-state index is -0.499. The highest BCUT2D eigenvalue weighted by atomic mass is 16.6. The fourth-order valence-electron chi connectivity index (χ4n) is 2.53. The van der Waals surface area contributed by atoms with Gasteiger partial charge in [0, 0.05) is 18.7 Å². The van der Waals surface area contributed by atoms with E-state index in [1.807, 2.05) is 6.92 Å². The van der Waals surface area contributed by atoms with E-state index in [-0.39, 0.29) is 17.9 Å². The highest BCUT2D eigenvalue weighted by molar-refractivity contribution is 5.89. The van der Waals surface area contributed by atoms with Crippen LogP contribution in [-0.4, -0.2) is 29.7 Å². The summed E-state index contributed by atoms with van der Waals surface area (Å²) in [5.74, 6) is -0.457. The average molecular weight is 293 g/mol. The topological polar surface area (TPSA) is 78.7 Å². The number of nitro groups is 1. The second-order valence-corrected chi connectivity index (χ2v) is 5.03. The molecule has 1 aromatic carbocycles. The zero-order chi connectivity index (χ0) is 15.2. The van der Waals surface area contributed by atoms with E-state index < -0.39 is 10.9 Å². The molecule has 0 aliphatic heterocycles. The molecule has 2 atom stereocenters. The van der Waals surface area contributed by atoms with Crippen molar-refractivity contribution in [3.63, 3.8) is 0 Å². The van der Waals surface area contributed by atoms with Crippen LogP contribution in [0.15, 0.2) is 24.3 Å². The number of esters is 1. The molecule has 6 heteroatoms. The summed E-state index contributed by atoms with van der Waals surface area (Å²) < 4.78 is 11.1. The molecule has 1 aromatic rings. The van der Waals surface area contributed by atoms with E-state index >= 15 is 0 Å². The van der Waals surface area contributed by atoms with E-state index in [0.29, 0.717) is 12.2 Å². The molecule has 0 amide bonds. The maximum Gasteiger partial charge on any atom is 0.338 e. The summed E-state index contributed by atoms with van der Waals surface area (Å²) in [5.41, 5.74) is 0.276. The molecule has 1 aliphatic carbocycles. The van der Waals surface area contributed by atoms with E-state index in [9.17, 15) is 14.9 Å². The Morgan fingerprint density at radius 2 is 1.86 bits per heavy atom. The molecule has 21 heavy (non-hydrogen) atoms. The lowest BCUT2D eigenvalue weighted by Crippen LogP contribution is -2.36. The first-order valence-corrected chi connectivity index (χ1v) is 7.19.